The van der Waals surface area contributed by atoms with Crippen LogP contribution < -0.4 is 5.56 Å². The molecule has 2 atom stereocenters. The number of amides is 1. The Morgan fingerprint density at radius 1 is 1.07 bits per heavy atom. The van der Waals surface area contributed by atoms with E-state index >= 15 is 0 Å². The number of nitrogens with zero attached hydrogens (tertiary/aromatic N) is 3. The van der Waals surface area contributed by atoms with Crippen molar-refractivity contribution in [2.45, 2.75) is 25.3 Å². The highest BCUT2D eigenvalue weighted by Gasteiger charge is 2.36. The second-order valence-corrected chi connectivity index (χ2v) is 8.54. The van der Waals surface area contributed by atoms with E-state index in [0.717, 1.165) is 34.9 Å². The molecule has 2 aromatic heterocycles. The molecule has 6 heteroatoms. The summed E-state index contributed by atoms with van der Waals surface area (Å²) in [6, 6.07) is 15.5. The summed E-state index contributed by atoms with van der Waals surface area (Å²) in [5, 5.41) is 2.94. The molecule has 1 fully saturated rings. The van der Waals surface area contributed by atoms with Gasteiger partial charge < -0.3 is 9.47 Å². The van der Waals surface area contributed by atoms with Gasteiger partial charge in [-0.3, -0.25) is 9.59 Å². The molecule has 2 aliphatic rings. The van der Waals surface area contributed by atoms with Gasteiger partial charge in [0.1, 0.15) is 5.01 Å². The lowest BCUT2D eigenvalue weighted by Gasteiger charge is -2.42. The Labute approximate surface area is 167 Å². The number of rotatable bonds is 3. The average molecular weight is 391 g/mol. The van der Waals surface area contributed by atoms with Gasteiger partial charge in [-0.2, -0.15) is 0 Å². The lowest BCUT2D eigenvalue weighted by atomic mass is 9.83. The van der Waals surface area contributed by atoms with Crippen molar-refractivity contribution in [3.8, 4) is 10.6 Å². The van der Waals surface area contributed by atoms with Crippen molar-refractivity contribution in [2.24, 2.45) is 5.92 Å². The minimum absolute atomic E-state index is 0.0721. The van der Waals surface area contributed by atoms with Gasteiger partial charge in [-0.15, -0.1) is 11.3 Å². The molecule has 2 unspecified atom stereocenters. The number of thiazole rings is 1. The molecule has 5 nitrogen and oxygen atoms in total. The Morgan fingerprint density at radius 3 is 2.79 bits per heavy atom. The summed E-state index contributed by atoms with van der Waals surface area (Å²) in [7, 11) is 0. The van der Waals surface area contributed by atoms with Crippen molar-refractivity contribution in [2.75, 3.05) is 13.1 Å². The summed E-state index contributed by atoms with van der Waals surface area (Å²) in [5.74, 6) is 0.734. The molecule has 5 rings (SSSR count). The van der Waals surface area contributed by atoms with E-state index in [1.54, 1.807) is 17.4 Å². The summed E-state index contributed by atoms with van der Waals surface area (Å²) >= 11 is 1.58. The number of fused-ring (bicyclic) bond motifs is 4. The fourth-order valence-corrected chi connectivity index (χ4v) is 5.29. The zero-order valence-corrected chi connectivity index (χ0v) is 16.3. The summed E-state index contributed by atoms with van der Waals surface area (Å²) < 4.78 is 1.90. The molecule has 0 saturated carbocycles. The van der Waals surface area contributed by atoms with E-state index in [1.807, 2.05) is 57.3 Å². The predicted octanol–water partition coefficient (Wildman–Crippen LogP) is 3.16. The van der Waals surface area contributed by atoms with Gasteiger partial charge in [-0.25, -0.2) is 4.98 Å². The molecule has 142 valence electrons. The highest BCUT2D eigenvalue weighted by atomic mass is 32.1. The smallest absolute Gasteiger partial charge is 0.250 e. The first-order valence-electron chi connectivity index (χ1n) is 9.65. The largest absolute Gasteiger partial charge is 0.341 e. The number of hydrogen-bond donors (Lipinski definition) is 0. The van der Waals surface area contributed by atoms with Crippen molar-refractivity contribution >= 4 is 17.2 Å². The quantitative estimate of drug-likeness (QED) is 0.689. The van der Waals surface area contributed by atoms with Gasteiger partial charge in [-0.1, -0.05) is 36.4 Å². The molecular formula is C22H21N3O2S. The topological polar surface area (TPSA) is 55.2 Å². The van der Waals surface area contributed by atoms with E-state index in [9.17, 15) is 9.59 Å². The molecule has 2 bridgehead atoms. The standard InChI is InChI=1S/C22H21N3O2S/c26-20-8-4-7-19-17-9-15(12-25(19)20)11-24(13-17)21(27)10-18-14-28-22(23-18)16-5-2-1-3-6-16/h1-8,14-15,17H,9-13H2. The number of likely N-dealkylation sites (tertiary alicyclic amines) is 1. The lowest BCUT2D eigenvalue weighted by Crippen LogP contribution is -2.49. The molecule has 1 amide bonds. The Kier molecular flexibility index (Phi) is 4.36. The number of carbonyl (C=O) groups excluding carboxylic acids is 1. The molecule has 1 saturated heterocycles. The van der Waals surface area contributed by atoms with Gasteiger partial charge in [0.05, 0.1) is 12.1 Å². The van der Waals surface area contributed by atoms with Crippen LogP contribution in [-0.2, 0) is 17.8 Å². The van der Waals surface area contributed by atoms with Gasteiger partial charge >= 0.3 is 0 Å². The van der Waals surface area contributed by atoms with Crippen LogP contribution >= 0.6 is 11.3 Å². The monoisotopic (exact) mass is 391 g/mol. The van der Waals surface area contributed by atoms with Crippen LogP contribution in [-0.4, -0.2) is 33.4 Å². The third-order valence-electron chi connectivity index (χ3n) is 5.74. The van der Waals surface area contributed by atoms with Gasteiger partial charge in [0.25, 0.3) is 5.56 Å². The number of piperidine rings is 1. The predicted molar refractivity (Wildman–Crippen MR) is 109 cm³/mol. The molecule has 2 aliphatic heterocycles. The zero-order chi connectivity index (χ0) is 19.1. The first-order valence-corrected chi connectivity index (χ1v) is 10.5. The van der Waals surface area contributed by atoms with Crippen LogP contribution in [0, 0.1) is 5.92 Å². The molecule has 0 spiro atoms. The maximum absolute atomic E-state index is 12.9. The van der Waals surface area contributed by atoms with Crippen LogP contribution in [0.5, 0.6) is 0 Å². The SMILES string of the molecule is O=C(Cc1csc(-c2ccccc2)n1)N1CC2CC(C1)c1cccc(=O)n1C2. The van der Waals surface area contributed by atoms with Crippen molar-refractivity contribution in [3.05, 3.63) is 75.7 Å². The minimum atomic E-state index is 0.0721. The van der Waals surface area contributed by atoms with Crippen molar-refractivity contribution in [1.82, 2.24) is 14.5 Å². The first kappa shape index (κ1) is 17.4. The van der Waals surface area contributed by atoms with E-state index in [4.69, 9.17) is 0 Å². The van der Waals surface area contributed by atoms with E-state index in [2.05, 4.69) is 4.98 Å². The van der Waals surface area contributed by atoms with Gasteiger partial charge in [-0.05, 0) is 18.4 Å². The number of benzene rings is 1. The Bertz CT molecular complexity index is 1070. The Morgan fingerprint density at radius 2 is 1.93 bits per heavy atom. The molecular weight excluding hydrogens is 370 g/mol. The second kappa shape index (κ2) is 7.02. The van der Waals surface area contributed by atoms with Crippen molar-refractivity contribution in [1.29, 1.82) is 0 Å². The molecule has 0 radical (unpaired) electrons. The average Bonchev–Trinajstić information content (AvgIpc) is 3.18. The summed E-state index contributed by atoms with van der Waals surface area (Å²) in [6.45, 7) is 2.13. The number of hydrogen-bond acceptors (Lipinski definition) is 4. The van der Waals surface area contributed by atoms with Crippen LogP contribution in [0.15, 0.2) is 58.7 Å². The van der Waals surface area contributed by atoms with E-state index < -0.39 is 0 Å². The van der Waals surface area contributed by atoms with E-state index in [-0.39, 0.29) is 17.4 Å². The molecule has 4 heterocycles. The van der Waals surface area contributed by atoms with E-state index in [0.29, 0.717) is 25.4 Å². The van der Waals surface area contributed by atoms with Gasteiger partial charge in [0.15, 0.2) is 0 Å². The molecule has 0 N–H and O–H groups in total. The maximum atomic E-state index is 12.9. The van der Waals surface area contributed by atoms with Crippen LogP contribution in [0.3, 0.4) is 0 Å². The van der Waals surface area contributed by atoms with Crippen LogP contribution in [0.4, 0.5) is 0 Å². The van der Waals surface area contributed by atoms with Crippen molar-refractivity contribution < 1.29 is 4.79 Å². The minimum Gasteiger partial charge on any atom is -0.341 e. The third-order valence-corrected chi connectivity index (χ3v) is 6.68. The molecule has 0 aliphatic carbocycles. The highest BCUT2D eigenvalue weighted by Crippen LogP contribution is 2.35. The normalized spacial score (nSPS) is 20.6. The fraction of sp³-hybridized carbons (Fsp3) is 0.318. The van der Waals surface area contributed by atoms with Crippen molar-refractivity contribution in [3.63, 3.8) is 0 Å². The zero-order valence-electron chi connectivity index (χ0n) is 15.5. The van der Waals surface area contributed by atoms with Gasteiger partial charge in [0.2, 0.25) is 5.91 Å². The molecule has 3 aromatic rings. The summed E-state index contributed by atoms with van der Waals surface area (Å²) in [6.07, 6.45) is 1.40. The molecule has 28 heavy (non-hydrogen) atoms. The maximum Gasteiger partial charge on any atom is 0.250 e. The third kappa shape index (κ3) is 3.18. The van der Waals surface area contributed by atoms with Gasteiger partial charge in [0, 0.05) is 48.3 Å². The number of pyridine rings is 1. The van der Waals surface area contributed by atoms with Crippen LogP contribution in [0.25, 0.3) is 10.6 Å². The highest BCUT2D eigenvalue weighted by molar-refractivity contribution is 7.13. The number of aromatic nitrogens is 2. The second-order valence-electron chi connectivity index (χ2n) is 7.68. The van der Waals surface area contributed by atoms with E-state index in [1.165, 1.54) is 0 Å². The van der Waals surface area contributed by atoms with Crippen LogP contribution in [0.2, 0.25) is 0 Å². The fourth-order valence-electron chi connectivity index (χ4n) is 4.47. The number of carbonyl (C=O) groups is 1. The molecule has 1 aromatic carbocycles. The summed E-state index contributed by atoms with van der Waals surface area (Å²) in [4.78, 5) is 31.7. The Hall–Kier alpha value is -2.73. The first-order chi connectivity index (χ1) is 13.7. The van der Waals surface area contributed by atoms with Crippen LogP contribution in [0.1, 0.15) is 23.7 Å². The lowest BCUT2D eigenvalue weighted by molar-refractivity contribution is -0.133. The summed E-state index contributed by atoms with van der Waals surface area (Å²) in [5.41, 5.74) is 3.06. The Balaban J connectivity index is 1.31.